The normalized spacial score (nSPS) is 19.2. The van der Waals surface area contributed by atoms with E-state index in [4.69, 9.17) is 5.26 Å². The molecule has 0 amide bonds. The molecule has 6 heteroatoms. The third-order valence-electron chi connectivity index (χ3n) is 3.23. The second-order valence-electron chi connectivity index (χ2n) is 4.64. The molecule has 1 saturated heterocycles. The first kappa shape index (κ1) is 13.3. The Morgan fingerprint density at radius 3 is 3.05 bits per heavy atom. The summed E-state index contributed by atoms with van der Waals surface area (Å²) in [6.07, 6.45) is 3.39. The molecule has 1 aliphatic heterocycles. The van der Waals surface area contributed by atoms with E-state index in [1.54, 1.807) is 12.1 Å². The zero-order valence-electron chi connectivity index (χ0n) is 10.6. The van der Waals surface area contributed by atoms with Crippen LogP contribution in [-0.2, 0) is 0 Å². The van der Waals surface area contributed by atoms with E-state index in [1.165, 1.54) is 12.5 Å². The molecule has 1 heterocycles. The molecular weight excluding hydrogens is 244 g/mol. The van der Waals surface area contributed by atoms with Crippen LogP contribution in [0.4, 0.5) is 11.4 Å². The van der Waals surface area contributed by atoms with Crippen LogP contribution < -0.4 is 10.6 Å². The largest absolute Gasteiger partial charge is 0.381 e. The average Bonchev–Trinajstić information content (AvgIpc) is 2.67. The highest BCUT2D eigenvalue weighted by Gasteiger charge is 2.16. The van der Waals surface area contributed by atoms with Crippen LogP contribution in [-0.4, -0.2) is 24.1 Å². The Labute approximate surface area is 111 Å². The van der Waals surface area contributed by atoms with E-state index in [0.29, 0.717) is 6.04 Å². The number of nitrogens with zero attached hydrogens (tertiary/aromatic N) is 2. The number of hydrogen-bond acceptors (Lipinski definition) is 5. The number of hydrogen-bond donors (Lipinski definition) is 2. The number of rotatable bonds is 3. The average molecular weight is 260 g/mol. The van der Waals surface area contributed by atoms with Crippen molar-refractivity contribution in [3.8, 4) is 6.07 Å². The minimum atomic E-state index is -0.532. The van der Waals surface area contributed by atoms with E-state index in [-0.39, 0.29) is 11.3 Å². The third kappa shape index (κ3) is 3.42. The zero-order chi connectivity index (χ0) is 13.7. The Balaban J connectivity index is 2.12. The summed E-state index contributed by atoms with van der Waals surface area (Å²) in [5.74, 6) is 0. The second kappa shape index (κ2) is 6.16. The highest BCUT2D eigenvalue weighted by atomic mass is 16.6. The van der Waals surface area contributed by atoms with Gasteiger partial charge in [0.25, 0.3) is 5.69 Å². The van der Waals surface area contributed by atoms with Crippen molar-refractivity contribution in [1.82, 2.24) is 5.32 Å². The van der Waals surface area contributed by atoms with Gasteiger partial charge in [-0.1, -0.05) is 6.42 Å². The van der Waals surface area contributed by atoms with Crippen LogP contribution in [0.25, 0.3) is 0 Å². The van der Waals surface area contributed by atoms with E-state index >= 15 is 0 Å². The van der Waals surface area contributed by atoms with Crippen molar-refractivity contribution in [2.24, 2.45) is 0 Å². The van der Waals surface area contributed by atoms with Gasteiger partial charge in [-0.3, -0.25) is 10.1 Å². The first-order valence-corrected chi connectivity index (χ1v) is 6.36. The van der Waals surface area contributed by atoms with Gasteiger partial charge in [0.15, 0.2) is 0 Å². The lowest BCUT2D eigenvalue weighted by molar-refractivity contribution is -0.385. The highest BCUT2D eigenvalue weighted by molar-refractivity contribution is 5.59. The highest BCUT2D eigenvalue weighted by Crippen LogP contribution is 2.23. The fraction of sp³-hybridized carbons (Fsp3) is 0.462. The lowest BCUT2D eigenvalue weighted by Crippen LogP contribution is -2.30. The second-order valence-corrected chi connectivity index (χ2v) is 4.64. The number of nitrogens with one attached hydrogen (secondary N) is 2. The van der Waals surface area contributed by atoms with Crippen molar-refractivity contribution in [2.45, 2.75) is 25.3 Å². The molecule has 0 aliphatic carbocycles. The Morgan fingerprint density at radius 2 is 2.32 bits per heavy atom. The molecule has 0 radical (unpaired) electrons. The predicted molar refractivity (Wildman–Crippen MR) is 71.9 cm³/mol. The zero-order valence-corrected chi connectivity index (χ0v) is 10.6. The SMILES string of the molecule is N#Cc1cc(NC2CCCCNC2)ccc1[N+](=O)[O-]. The molecule has 1 aromatic carbocycles. The van der Waals surface area contributed by atoms with Gasteiger partial charge in [-0.25, -0.2) is 0 Å². The smallest absolute Gasteiger partial charge is 0.287 e. The standard InChI is InChI=1S/C13H16N4O2/c14-8-10-7-11(4-5-13(10)17(18)19)16-12-3-1-2-6-15-9-12/h4-5,7,12,15-16H,1-3,6,9H2. The Bertz CT molecular complexity index is 502. The van der Waals surface area contributed by atoms with Gasteiger partial charge in [-0.15, -0.1) is 0 Å². The third-order valence-corrected chi connectivity index (χ3v) is 3.23. The quantitative estimate of drug-likeness (QED) is 0.641. The van der Waals surface area contributed by atoms with Crippen molar-refractivity contribution < 1.29 is 4.92 Å². The maximum Gasteiger partial charge on any atom is 0.287 e. The summed E-state index contributed by atoms with van der Waals surface area (Å²) < 4.78 is 0. The monoisotopic (exact) mass is 260 g/mol. The minimum Gasteiger partial charge on any atom is -0.381 e. The first-order chi connectivity index (χ1) is 9.20. The number of nitro benzene ring substituents is 1. The van der Waals surface area contributed by atoms with Crippen molar-refractivity contribution in [3.63, 3.8) is 0 Å². The van der Waals surface area contributed by atoms with Gasteiger partial charge in [0.2, 0.25) is 0 Å². The van der Waals surface area contributed by atoms with Crippen LogP contribution in [0.5, 0.6) is 0 Å². The Morgan fingerprint density at radius 1 is 1.47 bits per heavy atom. The Hall–Kier alpha value is -2.13. The summed E-state index contributed by atoms with van der Waals surface area (Å²) in [4.78, 5) is 10.2. The van der Waals surface area contributed by atoms with Crippen molar-refractivity contribution >= 4 is 11.4 Å². The maximum absolute atomic E-state index is 10.8. The molecule has 1 unspecified atom stereocenters. The molecule has 0 bridgehead atoms. The number of nitriles is 1. The van der Waals surface area contributed by atoms with E-state index < -0.39 is 4.92 Å². The van der Waals surface area contributed by atoms with Crippen LogP contribution in [0, 0.1) is 21.4 Å². The summed E-state index contributed by atoms with van der Waals surface area (Å²) in [6, 6.07) is 6.75. The Kier molecular flexibility index (Phi) is 4.31. The van der Waals surface area contributed by atoms with Crippen molar-refractivity contribution in [1.29, 1.82) is 5.26 Å². The fourth-order valence-electron chi connectivity index (χ4n) is 2.25. The lowest BCUT2D eigenvalue weighted by atomic mass is 10.1. The van der Waals surface area contributed by atoms with Gasteiger partial charge in [0.1, 0.15) is 11.6 Å². The van der Waals surface area contributed by atoms with Gasteiger partial charge in [0, 0.05) is 24.3 Å². The summed E-state index contributed by atoms with van der Waals surface area (Å²) in [5.41, 5.74) is 0.708. The van der Waals surface area contributed by atoms with Crippen LogP contribution in [0.1, 0.15) is 24.8 Å². The molecule has 100 valence electrons. The molecule has 1 aromatic rings. The lowest BCUT2D eigenvalue weighted by Gasteiger charge is -2.17. The molecule has 2 N–H and O–H groups in total. The van der Waals surface area contributed by atoms with Crippen molar-refractivity contribution in [2.75, 3.05) is 18.4 Å². The topological polar surface area (TPSA) is 91.0 Å². The predicted octanol–water partition coefficient (Wildman–Crippen LogP) is 2.02. The fourth-order valence-corrected chi connectivity index (χ4v) is 2.25. The maximum atomic E-state index is 10.8. The van der Waals surface area contributed by atoms with Crippen LogP contribution in [0.15, 0.2) is 18.2 Å². The molecule has 0 aromatic heterocycles. The molecule has 19 heavy (non-hydrogen) atoms. The molecule has 1 aliphatic rings. The van der Waals surface area contributed by atoms with Gasteiger partial charge in [-0.2, -0.15) is 5.26 Å². The molecule has 0 spiro atoms. The van der Waals surface area contributed by atoms with Crippen molar-refractivity contribution in [3.05, 3.63) is 33.9 Å². The summed E-state index contributed by atoms with van der Waals surface area (Å²) in [6.45, 7) is 1.90. The van der Waals surface area contributed by atoms with Crippen LogP contribution in [0.2, 0.25) is 0 Å². The number of benzene rings is 1. The van der Waals surface area contributed by atoms with E-state index in [2.05, 4.69) is 10.6 Å². The van der Waals surface area contributed by atoms with Gasteiger partial charge >= 0.3 is 0 Å². The molecular formula is C13H16N4O2. The van der Waals surface area contributed by atoms with E-state index in [0.717, 1.165) is 31.6 Å². The number of nitro groups is 1. The van der Waals surface area contributed by atoms with Gasteiger partial charge < -0.3 is 10.6 Å². The first-order valence-electron chi connectivity index (χ1n) is 6.36. The molecule has 1 fully saturated rings. The van der Waals surface area contributed by atoms with Gasteiger partial charge in [0.05, 0.1) is 4.92 Å². The summed E-state index contributed by atoms with van der Waals surface area (Å²) >= 11 is 0. The molecule has 1 atom stereocenters. The van der Waals surface area contributed by atoms with Gasteiger partial charge in [-0.05, 0) is 31.5 Å². The summed E-state index contributed by atoms with van der Waals surface area (Å²) in [5, 5.41) is 26.4. The van der Waals surface area contributed by atoms with E-state index in [9.17, 15) is 10.1 Å². The summed E-state index contributed by atoms with van der Waals surface area (Å²) in [7, 11) is 0. The molecule has 6 nitrogen and oxygen atoms in total. The minimum absolute atomic E-state index is 0.0941. The molecule has 2 rings (SSSR count). The van der Waals surface area contributed by atoms with Crippen LogP contribution >= 0.6 is 0 Å². The number of anilines is 1. The van der Waals surface area contributed by atoms with E-state index in [1.807, 2.05) is 6.07 Å². The van der Waals surface area contributed by atoms with Crippen LogP contribution in [0.3, 0.4) is 0 Å². The molecule has 0 saturated carbocycles.